The van der Waals surface area contributed by atoms with Crippen molar-refractivity contribution in [2.75, 3.05) is 24.8 Å². The summed E-state index contributed by atoms with van der Waals surface area (Å²) in [4.78, 5) is 11.5. The number of nitrogen functional groups attached to an aromatic ring is 1. The highest BCUT2D eigenvalue weighted by atomic mass is 16.5. The van der Waals surface area contributed by atoms with Gasteiger partial charge in [0.1, 0.15) is 0 Å². The van der Waals surface area contributed by atoms with E-state index in [1.807, 2.05) is 13.0 Å². The van der Waals surface area contributed by atoms with Gasteiger partial charge in [-0.2, -0.15) is 0 Å². The van der Waals surface area contributed by atoms with Crippen LogP contribution in [0.4, 0.5) is 11.4 Å². The topological polar surface area (TPSA) is 73.6 Å². The van der Waals surface area contributed by atoms with Gasteiger partial charge in [0.25, 0.3) is 0 Å². The van der Waals surface area contributed by atoms with Crippen molar-refractivity contribution in [1.82, 2.24) is 0 Å². The number of rotatable bonds is 3. The van der Waals surface area contributed by atoms with E-state index in [9.17, 15) is 4.79 Å². The van der Waals surface area contributed by atoms with Gasteiger partial charge in [0.05, 0.1) is 24.8 Å². The number of nitrogens with two attached hydrogens (primary N) is 1. The van der Waals surface area contributed by atoms with Gasteiger partial charge < -0.3 is 20.5 Å². The molecule has 5 nitrogen and oxygen atoms in total. The fourth-order valence-corrected chi connectivity index (χ4v) is 2.07. The molecule has 0 amide bonds. The number of anilines is 2. The zero-order valence-corrected chi connectivity index (χ0v) is 10.6. The predicted octanol–water partition coefficient (Wildman–Crippen LogP) is 1.64. The van der Waals surface area contributed by atoms with Gasteiger partial charge in [-0.1, -0.05) is 0 Å². The zero-order valence-electron chi connectivity index (χ0n) is 10.6. The van der Waals surface area contributed by atoms with Crippen LogP contribution in [0.25, 0.3) is 0 Å². The van der Waals surface area contributed by atoms with Crippen LogP contribution in [0, 0.1) is 0 Å². The van der Waals surface area contributed by atoms with Crippen LogP contribution in [0.15, 0.2) is 18.2 Å². The van der Waals surface area contributed by atoms with Crippen LogP contribution in [0.5, 0.6) is 0 Å². The first-order valence-corrected chi connectivity index (χ1v) is 5.98. The Kier molecular flexibility index (Phi) is 3.72. The number of esters is 1. The van der Waals surface area contributed by atoms with Gasteiger partial charge >= 0.3 is 5.97 Å². The van der Waals surface area contributed by atoms with Crippen molar-refractivity contribution in [2.24, 2.45) is 0 Å². The molecule has 1 fully saturated rings. The van der Waals surface area contributed by atoms with Gasteiger partial charge in [-0.25, -0.2) is 4.79 Å². The minimum atomic E-state index is -0.424. The van der Waals surface area contributed by atoms with Crippen LogP contribution >= 0.6 is 0 Å². The highest BCUT2D eigenvalue weighted by Crippen LogP contribution is 2.22. The lowest BCUT2D eigenvalue weighted by Gasteiger charge is -2.18. The second-order valence-electron chi connectivity index (χ2n) is 4.41. The molecule has 0 bridgehead atoms. The van der Waals surface area contributed by atoms with Gasteiger partial charge in [-0.15, -0.1) is 0 Å². The van der Waals surface area contributed by atoms with Crippen molar-refractivity contribution in [3.8, 4) is 0 Å². The van der Waals surface area contributed by atoms with E-state index in [4.69, 9.17) is 15.2 Å². The van der Waals surface area contributed by atoms with Crippen LogP contribution in [-0.2, 0) is 9.47 Å². The van der Waals surface area contributed by atoms with Gasteiger partial charge in [-0.3, -0.25) is 0 Å². The quantitative estimate of drug-likeness (QED) is 0.630. The maximum atomic E-state index is 11.5. The van der Waals surface area contributed by atoms with Crippen molar-refractivity contribution in [2.45, 2.75) is 25.5 Å². The number of nitrogens with one attached hydrogen (secondary N) is 1. The van der Waals surface area contributed by atoms with E-state index >= 15 is 0 Å². The van der Waals surface area contributed by atoms with Crippen LogP contribution < -0.4 is 11.1 Å². The molecule has 2 unspecified atom stereocenters. The first-order valence-electron chi connectivity index (χ1n) is 5.98. The van der Waals surface area contributed by atoms with Crippen molar-refractivity contribution in [1.29, 1.82) is 0 Å². The first kappa shape index (κ1) is 12.7. The van der Waals surface area contributed by atoms with Gasteiger partial charge in [0.15, 0.2) is 0 Å². The molecule has 1 aromatic rings. The lowest BCUT2D eigenvalue weighted by molar-refractivity contribution is 0.0602. The second kappa shape index (κ2) is 5.27. The number of carbonyl (C=O) groups excluding carboxylic acids is 1. The Hall–Kier alpha value is -1.75. The number of carbonyl (C=O) groups is 1. The highest BCUT2D eigenvalue weighted by Gasteiger charge is 2.24. The fraction of sp³-hybridized carbons (Fsp3) is 0.462. The minimum Gasteiger partial charge on any atom is -0.465 e. The molecule has 2 rings (SSSR count). The Balaban J connectivity index is 2.16. The molecule has 1 heterocycles. The molecule has 0 radical (unpaired) electrons. The van der Waals surface area contributed by atoms with E-state index in [1.54, 1.807) is 12.1 Å². The first-order chi connectivity index (χ1) is 8.61. The smallest absolute Gasteiger partial charge is 0.340 e. The van der Waals surface area contributed by atoms with E-state index < -0.39 is 5.97 Å². The van der Waals surface area contributed by atoms with Crippen LogP contribution in [0.1, 0.15) is 23.7 Å². The fourth-order valence-electron chi connectivity index (χ4n) is 2.07. The summed E-state index contributed by atoms with van der Waals surface area (Å²) in [7, 11) is 1.34. The summed E-state index contributed by atoms with van der Waals surface area (Å²) in [5.41, 5.74) is 7.40. The van der Waals surface area contributed by atoms with Crippen LogP contribution in [0.2, 0.25) is 0 Å². The zero-order chi connectivity index (χ0) is 13.1. The molecule has 18 heavy (non-hydrogen) atoms. The summed E-state index contributed by atoms with van der Waals surface area (Å²) >= 11 is 0. The van der Waals surface area contributed by atoms with Crippen molar-refractivity contribution in [3.63, 3.8) is 0 Å². The number of hydrogen-bond acceptors (Lipinski definition) is 5. The average Bonchev–Trinajstić information content (AvgIpc) is 2.76. The van der Waals surface area contributed by atoms with E-state index in [-0.39, 0.29) is 12.1 Å². The summed E-state index contributed by atoms with van der Waals surface area (Å²) < 4.78 is 10.2. The maximum Gasteiger partial charge on any atom is 0.340 e. The Morgan fingerprint density at radius 1 is 1.56 bits per heavy atom. The molecule has 1 aliphatic heterocycles. The van der Waals surface area contributed by atoms with Crippen molar-refractivity contribution < 1.29 is 14.3 Å². The monoisotopic (exact) mass is 250 g/mol. The molecule has 0 saturated carbocycles. The summed E-state index contributed by atoms with van der Waals surface area (Å²) in [5, 5.41) is 3.35. The molecular weight excluding hydrogens is 232 g/mol. The van der Waals surface area contributed by atoms with Crippen LogP contribution in [0.3, 0.4) is 0 Å². The molecule has 3 N–H and O–H groups in total. The van der Waals surface area contributed by atoms with E-state index in [1.165, 1.54) is 7.11 Å². The van der Waals surface area contributed by atoms with Crippen LogP contribution in [-0.4, -0.2) is 31.8 Å². The molecule has 1 aromatic carbocycles. The number of benzene rings is 1. The summed E-state index contributed by atoms with van der Waals surface area (Å²) in [6.45, 7) is 2.79. The van der Waals surface area contributed by atoms with E-state index in [2.05, 4.69) is 5.32 Å². The second-order valence-corrected chi connectivity index (χ2v) is 4.41. The molecular formula is C13H18N2O3. The minimum absolute atomic E-state index is 0.170. The number of hydrogen-bond donors (Lipinski definition) is 2. The maximum absolute atomic E-state index is 11.5. The molecule has 0 aliphatic carbocycles. The number of methoxy groups -OCH3 is 1. The molecule has 2 atom stereocenters. The Labute approximate surface area is 106 Å². The van der Waals surface area contributed by atoms with Gasteiger partial charge in [-0.05, 0) is 31.5 Å². The molecule has 1 aliphatic rings. The van der Waals surface area contributed by atoms with Crippen molar-refractivity contribution in [3.05, 3.63) is 23.8 Å². The molecule has 0 spiro atoms. The third kappa shape index (κ3) is 2.56. The normalized spacial score (nSPS) is 22.8. The van der Waals surface area contributed by atoms with Gasteiger partial charge in [0, 0.05) is 18.0 Å². The Morgan fingerprint density at radius 2 is 2.33 bits per heavy atom. The summed E-state index contributed by atoms with van der Waals surface area (Å²) in [5.74, 6) is -0.424. The Bertz CT molecular complexity index is 448. The predicted molar refractivity (Wildman–Crippen MR) is 69.6 cm³/mol. The Morgan fingerprint density at radius 3 is 2.94 bits per heavy atom. The largest absolute Gasteiger partial charge is 0.465 e. The third-order valence-electron chi connectivity index (χ3n) is 3.19. The highest BCUT2D eigenvalue weighted by molar-refractivity contribution is 5.96. The molecule has 5 heteroatoms. The SMILES string of the molecule is COC(=O)c1cc(NC2CCOC2C)ccc1N. The lowest BCUT2D eigenvalue weighted by atomic mass is 10.1. The van der Waals surface area contributed by atoms with Gasteiger partial charge in [0.2, 0.25) is 0 Å². The number of ether oxygens (including phenoxy) is 2. The summed E-state index contributed by atoms with van der Waals surface area (Å²) in [6, 6.07) is 5.53. The summed E-state index contributed by atoms with van der Waals surface area (Å²) in [6.07, 6.45) is 1.13. The standard InChI is InChI=1S/C13H18N2O3/c1-8-12(5-6-18-8)15-9-3-4-11(14)10(7-9)13(16)17-2/h3-4,7-8,12,15H,5-6,14H2,1-2H3. The van der Waals surface area contributed by atoms with E-state index in [0.717, 1.165) is 18.7 Å². The van der Waals surface area contributed by atoms with Crippen molar-refractivity contribution >= 4 is 17.3 Å². The average molecular weight is 250 g/mol. The third-order valence-corrected chi connectivity index (χ3v) is 3.19. The molecule has 98 valence electrons. The molecule has 1 saturated heterocycles. The van der Waals surface area contributed by atoms with E-state index in [0.29, 0.717) is 11.3 Å². The molecule has 0 aromatic heterocycles. The lowest BCUT2D eigenvalue weighted by Crippen LogP contribution is -2.26.